The number of nitrogens with zero attached hydrogens (tertiary/aromatic N) is 3. The summed E-state index contributed by atoms with van der Waals surface area (Å²) in [6.45, 7) is 8.65. The molecule has 3 unspecified atom stereocenters. The molecular formula is C34H52N5O8P. The number of nitrogens with one attached hydrogen (secondary N) is 2. The first-order chi connectivity index (χ1) is 24.1. The van der Waals surface area contributed by atoms with Gasteiger partial charge < -0.3 is 28.9 Å². The van der Waals surface area contributed by atoms with Crippen molar-refractivity contribution < 1.29 is 29.8 Å². The molecule has 7 atom stereocenters. The molecule has 48 heavy (non-hydrogen) atoms. The number of carbonyl (C=O) groups is 1. The van der Waals surface area contributed by atoms with Crippen molar-refractivity contribution in [2.45, 2.75) is 111 Å². The van der Waals surface area contributed by atoms with E-state index in [1.807, 2.05) is 27.7 Å². The zero-order valence-corrected chi connectivity index (χ0v) is 29.6. The summed E-state index contributed by atoms with van der Waals surface area (Å²) in [7, 11) is -0.366. The Hall–Kier alpha value is -3.03. The number of fused-ring (bicyclic) bond motifs is 1. The number of ether oxygens (including phenoxy) is 2. The Balaban J connectivity index is 0.00000332. The highest BCUT2D eigenvalue weighted by molar-refractivity contribution is 7.44. The Morgan fingerprint density at radius 2 is 2.02 bits per heavy atom. The smallest absolute Gasteiger partial charge is 0.407 e. The Morgan fingerprint density at radius 1 is 1.31 bits per heavy atom. The van der Waals surface area contributed by atoms with Crippen LogP contribution >= 0.6 is 8.53 Å². The maximum atomic E-state index is 12.9. The van der Waals surface area contributed by atoms with Gasteiger partial charge in [0.1, 0.15) is 12.3 Å². The molecule has 1 saturated carbocycles. The van der Waals surface area contributed by atoms with Crippen molar-refractivity contribution in [3.05, 3.63) is 38.7 Å². The predicted octanol–water partition coefficient (Wildman–Crippen LogP) is 4.68. The van der Waals surface area contributed by atoms with Gasteiger partial charge in [-0.1, -0.05) is 19.6 Å². The monoisotopic (exact) mass is 692 g/mol. The average Bonchev–Trinajstić information content (AvgIpc) is 3.53. The number of carbonyl (C=O) groups excluding carboxylic acids is 1. The van der Waals surface area contributed by atoms with Crippen LogP contribution in [0.2, 0.25) is 0 Å². The molecule has 2 heterocycles. The van der Waals surface area contributed by atoms with E-state index in [0.717, 1.165) is 32.1 Å². The van der Waals surface area contributed by atoms with Gasteiger partial charge in [0.25, 0.3) is 14.1 Å². The minimum atomic E-state index is -1.62. The highest BCUT2D eigenvalue weighted by Gasteiger charge is 2.48. The van der Waals surface area contributed by atoms with Crippen LogP contribution in [0.15, 0.2) is 21.9 Å². The molecule has 0 spiro atoms. The number of amides is 1. The number of hydrogen-bond acceptors (Lipinski definition) is 10. The molecule has 2 aliphatic carbocycles. The second-order valence-electron chi connectivity index (χ2n) is 12.6. The van der Waals surface area contributed by atoms with Crippen LogP contribution in [-0.2, 0) is 18.5 Å². The van der Waals surface area contributed by atoms with E-state index in [9.17, 15) is 14.4 Å². The molecule has 1 aromatic rings. The highest BCUT2D eigenvalue weighted by atomic mass is 31.2. The third-order valence-electron chi connectivity index (χ3n) is 8.72. The molecule has 1 aliphatic heterocycles. The largest absolute Gasteiger partial charge is 0.450 e. The molecule has 13 nitrogen and oxygen atoms in total. The van der Waals surface area contributed by atoms with Crippen molar-refractivity contribution in [2.24, 2.45) is 17.8 Å². The molecule has 1 saturated heterocycles. The lowest BCUT2D eigenvalue weighted by Crippen LogP contribution is -2.36. The molecule has 14 heteroatoms. The molecule has 2 fully saturated rings. The maximum Gasteiger partial charge on any atom is 0.407 e. The molecule has 3 aliphatic rings. The van der Waals surface area contributed by atoms with Gasteiger partial charge in [-0.3, -0.25) is 14.3 Å². The van der Waals surface area contributed by atoms with Gasteiger partial charge in [0.15, 0.2) is 0 Å². The van der Waals surface area contributed by atoms with E-state index in [2.05, 4.69) is 38.0 Å². The van der Waals surface area contributed by atoms with Crippen LogP contribution in [0.4, 0.5) is 4.79 Å². The zero-order chi connectivity index (χ0) is 36.6. The molecular weight excluding hydrogens is 637 g/mol. The van der Waals surface area contributed by atoms with Crippen molar-refractivity contribution in [1.29, 1.82) is 6.69 Å². The number of nitriles is 1. The van der Waals surface area contributed by atoms with Crippen LogP contribution in [0.1, 0.15) is 93.2 Å². The van der Waals surface area contributed by atoms with Crippen LogP contribution in [0.25, 0.3) is 6.08 Å². The minimum absolute atomic E-state index is 0.0759. The molecule has 1 amide bonds. The van der Waals surface area contributed by atoms with Gasteiger partial charge in [-0.2, -0.15) is 5.26 Å². The van der Waals surface area contributed by atoms with Crippen LogP contribution in [0.5, 0.6) is 0 Å². The number of alkyl carbamates (subject to hydrolysis) is 1. The Labute approximate surface area is 287 Å². The Kier molecular flexibility index (Phi) is 14.5. The second kappa shape index (κ2) is 19.2. The van der Waals surface area contributed by atoms with E-state index in [-0.39, 0.29) is 50.2 Å². The topological polar surface area (TPSA) is 168 Å². The first-order valence-electron chi connectivity index (χ1n) is 17.9. The van der Waals surface area contributed by atoms with Crippen molar-refractivity contribution in [3.8, 4) is 17.9 Å². The van der Waals surface area contributed by atoms with Gasteiger partial charge in [0.05, 0.1) is 44.0 Å². The van der Waals surface area contributed by atoms with Crippen molar-refractivity contribution in [1.82, 2.24) is 19.5 Å². The molecule has 0 bridgehead atoms. The Bertz CT molecular complexity index is 1450. The summed E-state index contributed by atoms with van der Waals surface area (Å²) < 4.78 is 40.4. The number of rotatable bonds is 17. The van der Waals surface area contributed by atoms with E-state index in [1.165, 1.54) is 24.2 Å². The lowest BCUT2D eigenvalue weighted by Gasteiger charge is -2.37. The normalized spacial score (nSPS) is 25.8. The third kappa shape index (κ3) is 10.7. The summed E-state index contributed by atoms with van der Waals surface area (Å²) in [6.07, 6.45) is 7.28. The van der Waals surface area contributed by atoms with Gasteiger partial charge in [0, 0.05) is 45.5 Å². The van der Waals surface area contributed by atoms with Crippen LogP contribution in [0.3, 0.4) is 0 Å². The van der Waals surface area contributed by atoms with Crippen LogP contribution in [0, 0.1) is 40.9 Å². The fourth-order valence-corrected chi connectivity index (χ4v) is 8.26. The summed E-state index contributed by atoms with van der Waals surface area (Å²) in [5.41, 5.74) is -1.07. The van der Waals surface area contributed by atoms with Gasteiger partial charge in [-0.25, -0.2) is 14.3 Å². The summed E-state index contributed by atoms with van der Waals surface area (Å²) >= 11 is 0. The quantitative estimate of drug-likeness (QED) is 0.118. The number of hydrogen-bond donors (Lipinski definition) is 3. The van der Waals surface area contributed by atoms with E-state index in [0.29, 0.717) is 24.4 Å². The molecule has 4 rings (SSSR count). The first-order valence-corrected chi connectivity index (χ1v) is 17.6. The summed E-state index contributed by atoms with van der Waals surface area (Å²) in [6, 6.07) is 2.23. The first kappa shape index (κ1) is 36.3. The van der Waals surface area contributed by atoms with Crippen LogP contribution in [-0.4, -0.2) is 77.5 Å². The summed E-state index contributed by atoms with van der Waals surface area (Å²) in [4.78, 5) is 40.0. The minimum Gasteiger partial charge on any atom is -0.450 e. The average molecular weight is 693 g/mol. The predicted molar refractivity (Wildman–Crippen MR) is 183 cm³/mol. The lowest BCUT2D eigenvalue weighted by molar-refractivity contribution is -0.0439. The van der Waals surface area contributed by atoms with E-state index in [4.69, 9.17) is 26.6 Å². The van der Waals surface area contributed by atoms with Gasteiger partial charge in [0.2, 0.25) is 1.43 Å². The van der Waals surface area contributed by atoms with E-state index in [1.54, 1.807) is 6.08 Å². The number of aliphatic hydroxyl groups is 1. The molecule has 1 aromatic heterocycles. The Morgan fingerprint density at radius 3 is 2.67 bits per heavy atom. The summed E-state index contributed by atoms with van der Waals surface area (Å²) in [5, 5.41) is 16.3. The molecule has 266 valence electrons. The molecule has 0 radical (unpaired) electrons. The summed E-state index contributed by atoms with van der Waals surface area (Å²) in [5.74, 6) is 8.42. The molecule has 0 aromatic carbocycles. The number of aliphatic hydroxyl groups excluding tert-OH is 1. The van der Waals surface area contributed by atoms with Crippen molar-refractivity contribution in [2.75, 3.05) is 26.4 Å². The fourth-order valence-electron chi connectivity index (χ4n) is 6.51. The van der Waals surface area contributed by atoms with Crippen molar-refractivity contribution in [3.63, 3.8) is 0 Å². The van der Waals surface area contributed by atoms with E-state index >= 15 is 0 Å². The number of aromatic nitrogens is 2. The second-order valence-corrected chi connectivity index (χ2v) is 14.0. The van der Waals surface area contributed by atoms with Gasteiger partial charge >= 0.3 is 11.8 Å². The zero-order valence-electron chi connectivity index (χ0n) is 30.7. The fraction of sp³-hybridized carbons (Fsp3) is 0.706. The van der Waals surface area contributed by atoms with Crippen molar-refractivity contribution >= 4 is 20.7 Å². The maximum absolute atomic E-state index is 12.9. The van der Waals surface area contributed by atoms with Gasteiger partial charge in [-0.15, -0.1) is 11.8 Å². The lowest BCUT2D eigenvalue weighted by atomic mass is 10.1. The third-order valence-corrected chi connectivity index (χ3v) is 10.9. The highest BCUT2D eigenvalue weighted by Crippen LogP contribution is 2.54. The van der Waals surface area contributed by atoms with Crippen LogP contribution < -0.4 is 16.6 Å². The van der Waals surface area contributed by atoms with Gasteiger partial charge in [-0.05, 0) is 64.7 Å². The number of H-pyrrole nitrogens is 1. The standard InChI is InChI=1S/C33H48N5O8P.CH4/c1-22(2)38(23(3)4)47(44-17-10-15-34)46-28-19-30(45-29(28)21-39)37-20-24(31(40)36-32(37)41)11-9-16-35-33(42)43-18-14-27-25-12-7-5-6-8-13-26(25)27;/h9,11,20,22-23,25-30,39H,7-8,10,12-14,16-19,21H2,1-4H3,(H,35,42)(H,36,40,41);1H4/b11-9+;/t25-,26+,27?,28?,29-,30-,47?;/m1./s1/i39D;1T. The molecule has 3 N–H and O–H groups in total. The SMILES string of the molecule is [2H]OC[C@H]1O[C@@H](n2cc(/C=C/CNC(=O)OCCC3[C@H]4CCC#CCC[C@@H]34)c(=O)[nH]c2=O)CC1OP(OCCC#N)N(C(C)C)C(C)C.[3H]C. The number of aromatic amines is 1. The van der Waals surface area contributed by atoms with E-state index < -0.39 is 44.3 Å².